The van der Waals surface area contributed by atoms with Crippen LogP contribution < -0.4 is 25.3 Å². The number of aromatic nitrogens is 4. The van der Waals surface area contributed by atoms with Gasteiger partial charge in [-0.3, -0.25) is 9.80 Å². The van der Waals surface area contributed by atoms with Gasteiger partial charge in [-0.05, 0) is 67.9 Å². The number of hydrazine groups is 1. The molecule has 0 aliphatic heterocycles. The normalized spacial score (nSPS) is 10.3. The molecule has 0 unspecified atom stereocenters. The number of hydrogen-bond acceptors (Lipinski definition) is 14. The first-order valence-corrected chi connectivity index (χ1v) is 21.0. The number of carbonyl (C=O) groups excluding carboxylic acids is 1. The highest BCUT2D eigenvalue weighted by atomic mass is 16.5. The van der Waals surface area contributed by atoms with Crippen LogP contribution in [0.1, 0.15) is 29.8 Å². The number of aliphatic hydroxyl groups is 1. The molecule has 0 saturated heterocycles. The fourth-order valence-electron chi connectivity index (χ4n) is 5.97. The van der Waals surface area contributed by atoms with Crippen molar-refractivity contribution in [1.82, 2.24) is 19.9 Å². The average Bonchev–Trinajstić information content (AvgIpc) is 3.36. The number of phenols is 2. The Morgan fingerprint density at radius 1 is 0.537 bits per heavy atom. The van der Waals surface area contributed by atoms with Crippen LogP contribution in [-0.2, 0) is 0 Å². The lowest BCUT2D eigenvalue weighted by Gasteiger charge is -2.14. The van der Waals surface area contributed by atoms with E-state index in [4.69, 9.17) is 35.5 Å². The van der Waals surface area contributed by atoms with Gasteiger partial charge in [-0.15, -0.1) is 0 Å². The Hall–Kier alpha value is -8.46. The van der Waals surface area contributed by atoms with Crippen molar-refractivity contribution in [3.63, 3.8) is 0 Å². The molecule has 6 aromatic carbocycles. The summed E-state index contributed by atoms with van der Waals surface area (Å²) in [5.41, 5.74) is 8.59. The Balaban J connectivity index is 0.000000200. The van der Waals surface area contributed by atoms with Crippen LogP contribution in [0.25, 0.3) is 45.0 Å². The molecule has 14 heteroatoms. The minimum Gasteiger partial charge on any atom is -0.504 e. The number of hydrogen-bond donors (Lipinski definition) is 4. The average molecular weight is 899 g/mol. The van der Waals surface area contributed by atoms with Crippen LogP contribution in [0.3, 0.4) is 0 Å². The van der Waals surface area contributed by atoms with E-state index in [9.17, 15) is 9.90 Å². The molecule has 0 fully saturated rings. The van der Waals surface area contributed by atoms with Crippen LogP contribution in [0, 0.1) is 0 Å². The van der Waals surface area contributed by atoms with Gasteiger partial charge in [0, 0.05) is 48.0 Å². The minimum absolute atomic E-state index is 0.0166. The van der Waals surface area contributed by atoms with Gasteiger partial charge in [0.1, 0.15) is 6.29 Å². The number of phenolic OH excluding ortho intramolecular Hbond substituents is 2. The number of carbonyl (C=O) groups is 1. The van der Waals surface area contributed by atoms with E-state index >= 15 is 0 Å². The largest absolute Gasteiger partial charge is 0.504 e. The molecule has 8 rings (SSSR count). The molecule has 8 aromatic rings. The summed E-state index contributed by atoms with van der Waals surface area (Å²) < 4.78 is 9.86. The molecule has 0 aliphatic rings. The second-order valence-corrected chi connectivity index (χ2v) is 14.8. The zero-order valence-electron chi connectivity index (χ0n) is 38.2. The molecule has 0 saturated carbocycles. The molecule has 342 valence electrons. The molecule has 0 radical (unpaired) electrons. The minimum atomic E-state index is -0.167. The summed E-state index contributed by atoms with van der Waals surface area (Å²) in [6.07, 6.45) is 2.14. The van der Waals surface area contributed by atoms with Crippen molar-refractivity contribution in [3.8, 4) is 68.0 Å². The van der Waals surface area contributed by atoms with Gasteiger partial charge >= 0.3 is 0 Å². The Kier molecular flexibility index (Phi) is 18.6. The molecule has 2 heterocycles. The summed E-state index contributed by atoms with van der Waals surface area (Å²) in [4.78, 5) is 28.7. The van der Waals surface area contributed by atoms with Crippen LogP contribution >= 0.6 is 0 Å². The Morgan fingerprint density at radius 3 is 1.18 bits per heavy atom. The predicted octanol–water partition coefficient (Wildman–Crippen LogP) is 9.72. The summed E-state index contributed by atoms with van der Waals surface area (Å²) in [5.74, 6) is 7.60. The molecule has 0 amide bonds. The third-order valence-corrected chi connectivity index (χ3v) is 9.23. The molecule has 0 bridgehead atoms. The number of benzene rings is 6. The Bertz CT molecular complexity index is 2680. The molecular weight excluding hydrogens is 845 g/mol. The quantitative estimate of drug-likeness (QED) is 0.0415. The van der Waals surface area contributed by atoms with Crippen LogP contribution in [-0.4, -0.2) is 82.2 Å². The molecule has 14 nitrogen and oxygen atoms in total. The second-order valence-electron chi connectivity index (χ2n) is 14.8. The summed E-state index contributed by atoms with van der Waals surface area (Å²) in [6.45, 7) is 3.44. The molecule has 0 spiro atoms. The van der Waals surface area contributed by atoms with Crippen molar-refractivity contribution >= 4 is 24.4 Å². The molecule has 5 N–H and O–H groups in total. The number of aromatic hydroxyl groups is 2. The third-order valence-electron chi connectivity index (χ3n) is 9.23. The lowest BCUT2D eigenvalue weighted by atomic mass is 10.1. The van der Waals surface area contributed by atoms with Gasteiger partial charge in [0.15, 0.2) is 23.0 Å². The first-order chi connectivity index (χ1) is 32.4. The maximum atomic E-state index is 10.2. The van der Waals surface area contributed by atoms with Crippen LogP contribution in [0.4, 0.5) is 11.9 Å². The summed E-state index contributed by atoms with van der Waals surface area (Å²) in [7, 11) is 6.49. The second kappa shape index (κ2) is 25.1. The van der Waals surface area contributed by atoms with Crippen LogP contribution in [0.15, 0.2) is 175 Å². The number of aldehydes is 1. The number of nitrogens with zero attached hydrogens (tertiary/aromatic N) is 7. The lowest BCUT2D eigenvalue weighted by Crippen LogP contribution is -2.27. The van der Waals surface area contributed by atoms with Gasteiger partial charge in [-0.2, -0.15) is 5.10 Å². The van der Waals surface area contributed by atoms with Gasteiger partial charge < -0.3 is 24.8 Å². The summed E-state index contributed by atoms with van der Waals surface area (Å²) >= 11 is 0. The van der Waals surface area contributed by atoms with Crippen LogP contribution in [0.2, 0.25) is 0 Å². The van der Waals surface area contributed by atoms with Gasteiger partial charge in [0.2, 0.25) is 11.9 Å². The SMILES string of the molecule is CC(C)O.CN(N)c1nc(-c2ccccc2)cc(-c2ccccc2)n1.COc1ccc(/C=N\N(C)c2nc(-c3ccccc3)cc(-c3ccccc3)n2)cc1O.COc1ccc(C=O)cc1O. The predicted molar refractivity (Wildman–Crippen MR) is 266 cm³/mol. The highest BCUT2D eigenvalue weighted by Gasteiger charge is 2.13. The van der Waals surface area contributed by atoms with Gasteiger partial charge in [0.05, 0.1) is 43.2 Å². The zero-order chi connectivity index (χ0) is 48.1. The van der Waals surface area contributed by atoms with E-state index in [1.165, 1.54) is 25.3 Å². The molecular formula is C53H54N8O6. The summed E-state index contributed by atoms with van der Waals surface area (Å²) in [6, 6.07) is 53.5. The first kappa shape index (κ1) is 49.6. The van der Waals surface area contributed by atoms with Gasteiger partial charge in [-0.25, -0.2) is 30.8 Å². The highest BCUT2D eigenvalue weighted by molar-refractivity contribution is 5.81. The van der Waals surface area contributed by atoms with E-state index in [1.807, 2.05) is 140 Å². The van der Waals surface area contributed by atoms with E-state index in [0.717, 1.165) is 50.6 Å². The number of methoxy groups -OCH3 is 2. The van der Waals surface area contributed by atoms with Crippen molar-refractivity contribution in [2.24, 2.45) is 10.9 Å². The standard InChI is InChI=1S/C25H22N4O2.C17H16N4.C8H8O3.C3H8O/c1-29(26-17-18-13-14-24(31-2)23(30)15-18)25-27-21(19-9-5-3-6-10-19)16-22(28-25)20-11-7-4-8-12-20;1-21(18)17-19-15(13-8-4-2-5-9-13)12-16(20-17)14-10-6-3-7-11-14;1-11-8-3-2-6(5-9)4-7(8)10;1-3(2)4/h3-17,30H,1-2H3;2-12H,18H2,1H3;2-5,10H,1H3;3-4H,1-2H3/b26-17-;;;. The molecule has 2 aromatic heterocycles. The number of anilines is 2. The van der Waals surface area contributed by atoms with E-state index in [1.54, 1.807) is 63.4 Å². The number of nitrogens with two attached hydrogens (primary N) is 1. The van der Waals surface area contributed by atoms with Crippen LogP contribution in [0.5, 0.6) is 23.0 Å². The number of aliphatic hydroxyl groups excluding tert-OH is 1. The lowest BCUT2D eigenvalue weighted by molar-refractivity contribution is 0.112. The maximum Gasteiger partial charge on any atom is 0.247 e. The van der Waals surface area contributed by atoms with Gasteiger partial charge in [0.25, 0.3) is 0 Å². The van der Waals surface area contributed by atoms with E-state index in [-0.39, 0.29) is 17.6 Å². The van der Waals surface area contributed by atoms with Crippen molar-refractivity contribution in [1.29, 1.82) is 0 Å². The topological polar surface area (TPSA) is 193 Å². The molecule has 67 heavy (non-hydrogen) atoms. The van der Waals surface area contributed by atoms with E-state index < -0.39 is 0 Å². The fraction of sp³-hybridized carbons (Fsp3) is 0.132. The number of rotatable bonds is 11. The number of hydrazone groups is 1. The van der Waals surface area contributed by atoms with E-state index in [0.29, 0.717) is 35.2 Å². The number of ether oxygens (including phenoxy) is 2. The van der Waals surface area contributed by atoms with Gasteiger partial charge in [-0.1, -0.05) is 121 Å². The van der Waals surface area contributed by atoms with E-state index in [2.05, 4.69) is 15.1 Å². The zero-order valence-corrected chi connectivity index (χ0v) is 38.2. The van der Waals surface area contributed by atoms with Crippen molar-refractivity contribution in [2.75, 3.05) is 38.3 Å². The first-order valence-electron chi connectivity index (χ1n) is 21.0. The molecule has 0 atom stereocenters. The maximum absolute atomic E-state index is 10.2. The smallest absolute Gasteiger partial charge is 0.247 e. The fourth-order valence-corrected chi connectivity index (χ4v) is 5.97. The van der Waals surface area contributed by atoms with Crippen molar-refractivity contribution < 1.29 is 29.6 Å². The molecule has 0 aliphatic carbocycles. The Labute approximate surface area is 390 Å². The highest BCUT2D eigenvalue weighted by Crippen LogP contribution is 2.29. The Morgan fingerprint density at radius 2 is 0.866 bits per heavy atom. The van der Waals surface area contributed by atoms with Crippen molar-refractivity contribution in [2.45, 2.75) is 20.0 Å². The third kappa shape index (κ3) is 15.1. The summed E-state index contributed by atoms with van der Waals surface area (Å²) in [5, 5.41) is 34.7. The monoisotopic (exact) mass is 898 g/mol. The van der Waals surface area contributed by atoms with Crippen molar-refractivity contribution in [3.05, 3.63) is 181 Å².